The predicted molar refractivity (Wildman–Crippen MR) is 69.5 cm³/mol. The molecule has 18 heavy (non-hydrogen) atoms. The second-order valence-corrected chi connectivity index (χ2v) is 5.19. The molecule has 2 N–H and O–H groups in total. The first-order valence-electron chi connectivity index (χ1n) is 6.49. The lowest BCUT2D eigenvalue weighted by molar-refractivity contribution is -0.0723. The number of aromatic nitrogens is 2. The van der Waals surface area contributed by atoms with E-state index in [1.807, 2.05) is 11.1 Å². The van der Waals surface area contributed by atoms with Gasteiger partial charge in [0.05, 0.1) is 11.7 Å². The first-order chi connectivity index (χ1) is 8.54. The maximum absolute atomic E-state index is 9.97. The van der Waals surface area contributed by atoms with E-state index in [2.05, 4.69) is 16.9 Å². The molecule has 2 rings (SSSR count). The number of aliphatic hydroxyl groups is 2. The van der Waals surface area contributed by atoms with Crippen molar-refractivity contribution in [2.75, 3.05) is 18.0 Å². The van der Waals surface area contributed by atoms with Gasteiger partial charge in [-0.05, 0) is 19.8 Å². The molecule has 5 heteroatoms. The summed E-state index contributed by atoms with van der Waals surface area (Å²) in [7, 11) is 0. The van der Waals surface area contributed by atoms with E-state index in [4.69, 9.17) is 0 Å². The smallest absolute Gasteiger partial charge is 0.135 e. The Morgan fingerprint density at radius 2 is 2.33 bits per heavy atom. The number of aryl methyl sites for hydroxylation is 1. The molecule has 0 spiro atoms. The lowest BCUT2D eigenvalue weighted by Gasteiger charge is -2.40. The van der Waals surface area contributed by atoms with Crippen molar-refractivity contribution < 1.29 is 10.2 Å². The zero-order valence-corrected chi connectivity index (χ0v) is 11.0. The molecule has 2 heterocycles. The molecule has 0 aromatic carbocycles. The van der Waals surface area contributed by atoms with Crippen LogP contribution in [0.2, 0.25) is 0 Å². The van der Waals surface area contributed by atoms with Crippen molar-refractivity contribution in [3.05, 3.63) is 18.1 Å². The number of hydrogen-bond donors (Lipinski definition) is 2. The Morgan fingerprint density at radius 1 is 1.56 bits per heavy atom. The zero-order valence-electron chi connectivity index (χ0n) is 11.0. The van der Waals surface area contributed by atoms with Crippen molar-refractivity contribution in [1.29, 1.82) is 0 Å². The van der Waals surface area contributed by atoms with Gasteiger partial charge in [0.25, 0.3) is 0 Å². The number of hydrogen-bond acceptors (Lipinski definition) is 5. The third kappa shape index (κ3) is 2.62. The first kappa shape index (κ1) is 13.2. The highest BCUT2D eigenvalue weighted by atomic mass is 16.3. The van der Waals surface area contributed by atoms with Gasteiger partial charge >= 0.3 is 0 Å². The van der Waals surface area contributed by atoms with Crippen LogP contribution in [0.25, 0.3) is 0 Å². The maximum atomic E-state index is 9.97. The summed E-state index contributed by atoms with van der Waals surface area (Å²) in [6.45, 7) is 4.92. The minimum atomic E-state index is -0.992. The summed E-state index contributed by atoms with van der Waals surface area (Å²) in [5, 5.41) is 19.9. The molecule has 5 nitrogen and oxygen atoms in total. The largest absolute Gasteiger partial charge is 0.388 e. The molecule has 1 fully saturated rings. The maximum Gasteiger partial charge on any atom is 0.135 e. The SMILES string of the molecule is CCCc1cncnc1N1CC[C@@](C)(O)[C@H](O)C1. The molecule has 1 aliphatic heterocycles. The van der Waals surface area contributed by atoms with Crippen molar-refractivity contribution >= 4 is 5.82 Å². The normalized spacial score (nSPS) is 28.4. The van der Waals surface area contributed by atoms with Crippen LogP contribution < -0.4 is 4.90 Å². The van der Waals surface area contributed by atoms with E-state index in [-0.39, 0.29) is 0 Å². The molecule has 1 aliphatic rings. The predicted octanol–water partition coefficient (Wildman–Crippen LogP) is 0.751. The van der Waals surface area contributed by atoms with Gasteiger partial charge in [0, 0.05) is 24.8 Å². The first-order valence-corrected chi connectivity index (χ1v) is 6.49. The van der Waals surface area contributed by atoms with Crippen LogP contribution in [0.5, 0.6) is 0 Å². The molecule has 0 unspecified atom stereocenters. The van der Waals surface area contributed by atoms with E-state index >= 15 is 0 Å². The van der Waals surface area contributed by atoms with Crippen molar-refractivity contribution in [2.24, 2.45) is 0 Å². The highest BCUT2D eigenvalue weighted by Crippen LogP contribution is 2.27. The standard InChI is InChI=1S/C13H21N3O2/c1-3-4-10-7-14-9-15-12(10)16-6-5-13(2,18)11(17)8-16/h7,9,11,17-18H,3-6,8H2,1-2H3/t11-,13-/m1/s1. The molecule has 100 valence electrons. The van der Waals surface area contributed by atoms with Crippen molar-refractivity contribution in [2.45, 2.75) is 44.8 Å². The summed E-state index contributed by atoms with van der Waals surface area (Å²) in [4.78, 5) is 10.4. The molecule has 0 amide bonds. The fraction of sp³-hybridized carbons (Fsp3) is 0.692. The zero-order chi connectivity index (χ0) is 13.2. The van der Waals surface area contributed by atoms with Gasteiger partial charge in [-0.2, -0.15) is 0 Å². The summed E-state index contributed by atoms with van der Waals surface area (Å²) in [6.07, 6.45) is 5.14. The van der Waals surface area contributed by atoms with E-state index in [0.29, 0.717) is 19.5 Å². The molecule has 0 aliphatic carbocycles. The van der Waals surface area contributed by atoms with Gasteiger partial charge in [0.2, 0.25) is 0 Å². The van der Waals surface area contributed by atoms with Crippen molar-refractivity contribution in [3.8, 4) is 0 Å². The van der Waals surface area contributed by atoms with E-state index in [1.165, 1.54) is 6.33 Å². The van der Waals surface area contributed by atoms with Gasteiger partial charge < -0.3 is 15.1 Å². The van der Waals surface area contributed by atoms with Crippen molar-refractivity contribution in [3.63, 3.8) is 0 Å². The average Bonchev–Trinajstić information content (AvgIpc) is 2.34. The monoisotopic (exact) mass is 251 g/mol. The van der Waals surface area contributed by atoms with Gasteiger partial charge in [-0.1, -0.05) is 13.3 Å². The number of aliphatic hydroxyl groups excluding tert-OH is 1. The number of rotatable bonds is 3. The Bertz CT molecular complexity index is 409. The van der Waals surface area contributed by atoms with Crippen LogP contribution in [0, 0.1) is 0 Å². The highest BCUT2D eigenvalue weighted by molar-refractivity contribution is 5.46. The van der Waals surface area contributed by atoms with Crippen LogP contribution in [0.3, 0.4) is 0 Å². The highest BCUT2D eigenvalue weighted by Gasteiger charge is 2.37. The second kappa shape index (κ2) is 5.20. The Morgan fingerprint density at radius 3 is 3.00 bits per heavy atom. The third-order valence-corrected chi connectivity index (χ3v) is 3.58. The molecular formula is C13H21N3O2. The fourth-order valence-corrected chi connectivity index (χ4v) is 2.30. The van der Waals surface area contributed by atoms with E-state index < -0.39 is 11.7 Å². The molecule has 0 radical (unpaired) electrons. The third-order valence-electron chi connectivity index (χ3n) is 3.58. The molecule has 1 aromatic rings. The van der Waals surface area contributed by atoms with E-state index in [1.54, 1.807) is 6.92 Å². The molecular weight excluding hydrogens is 230 g/mol. The number of piperidine rings is 1. The second-order valence-electron chi connectivity index (χ2n) is 5.19. The minimum absolute atomic E-state index is 0.417. The Balaban J connectivity index is 2.18. The molecule has 1 aromatic heterocycles. The summed E-state index contributed by atoms with van der Waals surface area (Å²) in [5.74, 6) is 0.890. The average molecular weight is 251 g/mol. The Hall–Kier alpha value is -1.20. The molecule has 0 saturated carbocycles. The van der Waals surface area contributed by atoms with Gasteiger partial charge in [0.15, 0.2) is 0 Å². The molecule has 2 atom stereocenters. The summed E-state index contributed by atoms with van der Waals surface area (Å²) in [6, 6.07) is 0. The van der Waals surface area contributed by atoms with Crippen LogP contribution in [0.15, 0.2) is 12.5 Å². The quantitative estimate of drug-likeness (QED) is 0.829. The topological polar surface area (TPSA) is 69.5 Å². The number of nitrogens with zero attached hydrogens (tertiary/aromatic N) is 3. The number of β-amino-alcohol motifs (C(OH)–C–C–N with tert-alkyl or cyclic N) is 1. The minimum Gasteiger partial charge on any atom is -0.388 e. The van der Waals surface area contributed by atoms with Crippen LogP contribution >= 0.6 is 0 Å². The lowest BCUT2D eigenvalue weighted by atomic mass is 9.90. The summed E-state index contributed by atoms with van der Waals surface area (Å²) in [5.41, 5.74) is 0.114. The van der Waals surface area contributed by atoms with E-state index in [0.717, 1.165) is 24.2 Å². The Kier molecular flexibility index (Phi) is 3.82. The molecule has 0 bridgehead atoms. The van der Waals surface area contributed by atoms with Gasteiger partial charge in [-0.25, -0.2) is 9.97 Å². The summed E-state index contributed by atoms with van der Waals surface area (Å²) < 4.78 is 0. The summed E-state index contributed by atoms with van der Waals surface area (Å²) >= 11 is 0. The Labute approximate surface area is 107 Å². The van der Waals surface area contributed by atoms with Gasteiger partial charge in [0.1, 0.15) is 12.1 Å². The van der Waals surface area contributed by atoms with Crippen LogP contribution in [0.1, 0.15) is 32.3 Å². The van der Waals surface area contributed by atoms with Gasteiger partial charge in [-0.3, -0.25) is 0 Å². The van der Waals surface area contributed by atoms with E-state index in [9.17, 15) is 10.2 Å². The number of anilines is 1. The van der Waals surface area contributed by atoms with Crippen LogP contribution in [-0.2, 0) is 6.42 Å². The van der Waals surface area contributed by atoms with Crippen LogP contribution in [-0.4, -0.2) is 45.0 Å². The molecule has 1 saturated heterocycles. The van der Waals surface area contributed by atoms with Crippen LogP contribution in [0.4, 0.5) is 5.82 Å². The fourth-order valence-electron chi connectivity index (χ4n) is 2.30. The van der Waals surface area contributed by atoms with Gasteiger partial charge in [-0.15, -0.1) is 0 Å². The lowest BCUT2D eigenvalue weighted by Crippen LogP contribution is -2.54. The van der Waals surface area contributed by atoms with Crippen molar-refractivity contribution in [1.82, 2.24) is 9.97 Å².